The molecule has 0 aliphatic heterocycles. The van der Waals surface area contributed by atoms with Crippen LogP contribution in [-0.2, 0) is 4.79 Å². The lowest BCUT2D eigenvalue weighted by atomic mass is 10.2. The van der Waals surface area contributed by atoms with Gasteiger partial charge in [0.25, 0.3) is 0 Å². The van der Waals surface area contributed by atoms with E-state index in [0.29, 0.717) is 5.69 Å². The first-order chi connectivity index (χ1) is 10.3. The van der Waals surface area contributed by atoms with Crippen molar-refractivity contribution in [2.75, 3.05) is 5.32 Å². The van der Waals surface area contributed by atoms with Gasteiger partial charge in [-0.05, 0) is 32.9 Å². The summed E-state index contributed by atoms with van der Waals surface area (Å²) in [6.07, 6.45) is 0. The molecule has 0 spiro atoms. The number of para-hydroxylation sites is 2. The van der Waals surface area contributed by atoms with Gasteiger partial charge in [-0.2, -0.15) is 5.10 Å². The second-order valence-electron chi connectivity index (χ2n) is 4.90. The number of nitrogens with one attached hydrogen (secondary N) is 1. The molecule has 2 N–H and O–H groups in total. The number of nitro groups is 1. The van der Waals surface area contributed by atoms with Crippen LogP contribution in [0.25, 0.3) is 0 Å². The summed E-state index contributed by atoms with van der Waals surface area (Å²) in [4.78, 5) is 22.7. The highest BCUT2D eigenvalue weighted by Gasteiger charge is 2.27. The molecule has 22 heavy (non-hydrogen) atoms. The molecule has 8 heteroatoms. The maximum absolute atomic E-state index is 12.3. The number of carbonyl (C=O) groups excluding carboxylic acids is 1. The van der Waals surface area contributed by atoms with E-state index < -0.39 is 16.9 Å². The molecule has 0 aliphatic carbocycles. The molecule has 0 saturated carbocycles. The van der Waals surface area contributed by atoms with Gasteiger partial charge in [-0.15, -0.1) is 0 Å². The molecule has 0 saturated heterocycles. The average molecular weight is 304 g/mol. The number of aromatic hydroxyl groups is 1. The minimum Gasteiger partial charge on any atom is -0.506 e. The van der Waals surface area contributed by atoms with Gasteiger partial charge in [0.1, 0.15) is 23.2 Å². The number of benzene rings is 1. The Kier molecular flexibility index (Phi) is 4.11. The maximum Gasteiger partial charge on any atom is 0.312 e. The molecule has 0 bridgehead atoms. The van der Waals surface area contributed by atoms with E-state index in [1.807, 2.05) is 0 Å². The number of rotatable bonds is 4. The normalized spacial score (nSPS) is 12.0. The molecule has 2 rings (SSSR count). The highest BCUT2D eigenvalue weighted by Crippen LogP contribution is 2.26. The summed E-state index contributed by atoms with van der Waals surface area (Å²) >= 11 is 0. The van der Waals surface area contributed by atoms with Gasteiger partial charge in [0.15, 0.2) is 0 Å². The van der Waals surface area contributed by atoms with E-state index in [2.05, 4.69) is 10.4 Å². The number of hydrogen-bond acceptors (Lipinski definition) is 5. The zero-order valence-electron chi connectivity index (χ0n) is 12.4. The fourth-order valence-electron chi connectivity index (χ4n) is 2.22. The Balaban J connectivity index is 2.27. The molecule has 1 heterocycles. The SMILES string of the molecule is Cc1nn(C(C)C(=O)Nc2ccccc2O)c(C)c1[N+](=O)[O-]. The van der Waals surface area contributed by atoms with Crippen molar-refractivity contribution < 1.29 is 14.8 Å². The van der Waals surface area contributed by atoms with Crippen LogP contribution in [0.3, 0.4) is 0 Å². The third-order valence-corrected chi connectivity index (χ3v) is 3.38. The topological polar surface area (TPSA) is 110 Å². The smallest absolute Gasteiger partial charge is 0.312 e. The fourth-order valence-corrected chi connectivity index (χ4v) is 2.22. The Bertz CT molecular complexity index is 738. The van der Waals surface area contributed by atoms with Crippen molar-refractivity contribution in [1.29, 1.82) is 0 Å². The molecule has 1 atom stereocenters. The summed E-state index contributed by atoms with van der Waals surface area (Å²) in [5, 5.41) is 27.3. The monoisotopic (exact) mass is 304 g/mol. The first-order valence-corrected chi connectivity index (χ1v) is 6.62. The summed E-state index contributed by atoms with van der Waals surface area (Å²) in [5.74, 6) is -0.482. The highest BCUT2D eigenvalue weighted by molar-refractivity contribution is 5.94. The number of hydrogen-bond donors (Lipinski definition) is 2. The first-order valence-electron chi connectivity index (χ1n) is 6.62. The van der Waals surface area contributed by atoms with Crippen LogP contribution in [0.15, 0.2) is 24.3 Å². The number of aryl methyl sites for hydroxylation is 1. The molecule has 1 aromatic carbocycles. The van der Waals surface area contributed by atoms with Crippen LogP contribution >= 0.6 is 0 Å². The van der Waals surface area contributed by atoms with E-state index in [1.54, 1.807) is 32.0 Å². The molecule has 8 nitrogen and oxygen atoms in total. The van der Waals surface area contributed by atoms with Gasteiger partial charge in [-0.25, -0.2) is 0 Å². The second kappa shape index (κ2) is 5.84. The van der Waals surface area contributed by atoms with Crippen LogP contribution in [0.1, 0.15) is 24.4 Å². The molecule has 0 radical (unpaired) electrons. The van der Waals surface area contributed by atoms with Crippen LogP contribution in [-0.4, -0.2) is 25.7 Å². The van der Waals surface area contributed by atoms with Crippen LogP contribution in [0.4, 0.5) is 11.4 Å². The minimum atomic E-state index is -0.757. The van der Waals surface area contributed by atoms with Gasteiger partial charge in [0, 0.05) is 0 Å². The summed E-state index contributed by atoms with van der Waals surface area (Å²) in [6.45, 7) is 4.65. The molecule has 2 aromatic rings. The van der Waals surface area contributed by atoms with Crippen molar-refractivity contribution >= 4 is 17.3 Å². The molecule has 1 aromatic heterocycles. The Morgan fingerprint density at radius 3 is 2.59 bits per heavy atom. The lowest BCUT2D eigenvalue weighted by Crippen LogP contribution is -2.25. The Hall–Kier alpha value is -2.90. The molecular weight excluding hydrogens is 288 g/mol. The summed E-state index contributed by atoms with van der Waals surface area (Å²) < 4.78 is 1.31. The number of nitrogens with zero attached hydrogens (tertiary/aromatic N) is 3. The lowest BCUT2D eigenvalue weighted by Gasteiger charge is -2.14. The van der Waals surface area contributed by atoms with Crippen molar-refractivity contribution in [2.45, 2.75) is 26.8 Å². The first kappa shape index (κ1) is 15.5. The van der Waals surface area contributed by atoms with Gasteiger partial charge in [-0.3, -0.25) is 19.6 Å². The fraction of sp³-hybridized carbons (Fsp3) is 0.286. The van der Waals surface area contributed by atoms with Gasteiger partial charge >= 0.3 is 5.69 Å². The van der Waals surface area contributed by atoms with E-state index in [4.69, 9.17) is 0 Å². The summed E-state index contributed by atoms with van der Waals surface area (Å²) in [5.41, 5.74) is 0.740. The largest absolute Gasteiger partial charge is 0.506 e. The quantitative estimate of drug-likeness (QED) is 0.511. The van der Waals surface area contributed by atoms with Gasteiger partial charge in [-0.1, -0.05) is 12.1 Å². The Morgan fingerprint density at radius 1 is 1.41 bits per heavy atom. The van der Waals surface area contributed by atoms with Crippen molar-refractivity contribution in [3.8, 4) is 5.75 Å². The molecule has 116 valence electrons. The Labute approximate surface area is 126 Å². The molecular formula is C14H16N4O4. The minimum absolute atomic E-state index is 0.0533. The predicted molar refractivity (Wildman–Crippen MR) is 79.8 cm³/mol. The van der Waals surface area contributed by atoms with Gasteiger partial charge in [0.2, 0.25) is 5.91 Å². The van der Waals surface area contributed by atoms with Crippen LogP contribution in [0.2, 0.25) is 0 Å². The van der Waals surface area contributed by atoms with Gasteiger partial charge < -0.3 is 10.4 Å². The molecule has 0 aliphatic rings. The maximum atomic E-state index is 12.3. The standard InChI is InChI=1S/C14H16N4O4/c1-8-13(18(21)22)9(2)17(16-8)10(3)14(20)15-11-6-4-5-7-12(11)19/h4-7,10,19H,1-3H3,(H,15,20). The second-order valence-corrected chi connectivity index (χ2v) is 4.90. The third kappa shape index (κ3) is 2.76. The zero-order valence-corrected chi connectivity index (χ0v) is 12.4. The van der Waals surface area contributed by atoms with Crippen LogP contribution in [0, 0.1) is 24.0 Å². The molecule has 1 unspecified atom stereocenters. The van der Waals surface area contributed by atoms with Crippen LogP contribution in [0.5, 0.6) is 5.75 Å². The van der Waals surface area contributed by atoms with Crippen LogP contribution < -0.4 is 5.32 Å². The van der Waals surface area contributed by atoms with E-state index in [1.165, 1.54) is 17.7 Å². The number of carbonyl (C=O) groups is 1. The predicted octanol–water partition coefficient (Wildman–Crippen LogP) is 2.31. The Morgan fingerprint density at radius 2 is 2.05 bits per heavy atom. The van der Waals surface area contributed by atoms with Crippen molar-refractivity contribution in [2.24, 2.45) is 0 Å². The number of phenols is 1. The van der Waals surface area contributed by atoms with Gasteiger partial charge in [0.05, 0.1) is 10.6 Å². The molecule has 0 fully saturated rings. The summed E-state index contributed by atoms with van der Waals surface area (Å²) in [6, 6.07) is 5.57. The zero-order chi connectivity index (χ0) is 16.4. The van der Waals surface area contributed by atoms with Crippen molar-refractivity contribution in [3.63, 3.8) is 0 Å². The van der Waals surface area contributed by atoms with E-state index in [-0.39, 0.29) is 22.8 Å². The molecule has 1 amide bonds. The number of anilines is 1. The summed E-state index contributed by atoms with van der Waals surface area (Å²) in [7, 11) is 0. The van der Waals surface area contributed by atoms with Crippen molar-refractivity contribution in [1.82, 2.24) is 9.78 Å². The van der Waals surface area contributed by atoms with E-state index in [9.17, 15) is 20.0 Å². The number of phenolic OH excluding ortho intramolecular Hbond substituents is 1. The number of amides is 1. The van der Waals surface area contributed by atoms with Crippen molar-refractivity contribution in [3.05, 3.63) is 45.8 Å². The highest BCUT2D eigenvalue weighted by atomic mass is 16.6. The number of aromatic nitrogens is 2. The third-order valence-electron chi connectivity index (χ3n) is 3.38. The van der Waals surface area contributed by atoms with E-state index >= 15 is 0 Å². The average Bonchev–Trinajstić information content (AvgIpc) is 2.75. The lowest BCUT2D eigenvalue weighted by molar-refractivity contribution is -0.386. The van der Waals surface area contributed by atoms with E-state index in [0.717, 1.165) is 0 Å².